The Hall–Kier alpha value is -2.27. The standard InChI is InChI=1S/C25H25N2O2S/c1-25(2,3)22-16-29-24(27-22)18-12-7-8-14-20(18)26-23(28)19-13-9-15-21(19)30-17-10-5-4-6-11-17/h4-15,22H,16H2,1-3H3,(H,26,28)/t22-/m1/s1. The van der Waals surface area contributed by atoms with Crippen molar-refractivity contribution >= 4 is 29.3 Å². The average Bonchev–Trinajstić information content (AvgIpc) is 3.39. The Morgan fingerprint density at radius 2 is 1.80 bits per heavy atom. The third-order valence-electron chi connectivity index (χ3n) is 5.05. The highest BCUT2D eigenvalue weighted by Gasteiger charge is 2.37. The topological polar surface area (TPSA) is 50.7 Å². The molecule has 30 heavy (non-hydrogen) atoms. The molecule has 0 spiro atoms. The van der Waals surface area contributed by atoms with Crippen molar-refractivity contribution in [1.82, 2.24) is 0 Å². The molecule has 2 aromatic rings. The van der Waals surface area contributed by atoms with E-state index in [-0.39, 0.29) is 17.4 Å². The van der Waals surface area contributed by atoms with E-state index in [0.29, 0.717) is 24.1 Å². The fraction of sp³-hybridized carbons (Fsp3) is 0.240. The molecule has 2 aromatic carbocycles. The molecule has 1 atom stereocenters. The van der Waals surface area contributed by atoms with E-state index in [9.17, 15) is 4.79 Å². The monoisotopic (exact) mass is 417 g/mol. The molecule has 4 rings (SSSR count). The highest BCUT2D eigenvalue weighted by atomic mass is 32.2. The zero-order valence-electron chi connectivity index (χ0n) is 17.4. The number of nitrogens with one attached hydrogen (secondary N) is 1. The minimum atomic E-state index is -0.142. The quantitative estimate of drug-likeness (QED) is 0.714. The van der Waals surface area contributed by atoms with Gasteiger partial charge in [0, 0.05) is 4.90 Å². The molecule has 1 aliphatic carbocycles. The predicted octanol–water partition coefficient (Wildman–Crippen LogP) is 5.34. The van der Waals surface area contributed by atoms with Gasteiger partial charge in [0.05, 0.1) is 28.5 Å². The van der Waals surface area contributed by atoms with Gasteiger partial charge in [-0.2, -0.15) is 0 Å². The minimum Gasteiger partial charge on any atom is -0.475 e. The maximum atomic E-state index is 13.1. The van der Waals surface area contributed by atoms with Gasteiger partial charge >= 0.3 is 0 Å². The van der Waals surface area contributed by atoms with Crippen molar-refractivity contribution in [3.8, 4) is 0 Å². The zero-order valence-corrected chi connectivity index (χ0v) is 18.2. The van der Waals surface area contributed by atoms with Gasteiger partial charge in [0.15, 0.2) is 0 Å². The Morgan fingerprint density at radius 1 is 1.07 bits per heavy atom. The number of rotatable bonds is 5. The molecule has 5 radical (unpaired) electrons. The van der Waals surface area contributed by atoms with E-state index in [1.54, 1.807) is 11.8 Å². The Kier molecular flexibility index (Phi) is 6.19. The van der Waals surface area contributed by atoms with Crippen molar-refractivity contribution in [2.75, 3.05) is 11.9 Å². The molecular weight excluding hydrogens is 392 g/mol. The first-order valence-corrected chi connectivity index (χ1v) is 10.8. The summed E-state index contributed by atoms with van der Waals surface area (Å²) in [6, 6.07) is 17.8. The molecule has 4 nitrogen and oxygen atoms in total. The van der Waals surface area contributed by atoms with Crippen molar-refractivity contribution in [2.24, 2.45) is 10.4 Å². The Morgan fingerprint density at radius 3 is 2.53 bits per heavy atom. The number of carbonyl (C=O) groups is 1. The normalized spacial score (nSPS) is 20.1. The molecule has 1 saturated carbocycles. The number of ether oxygens (including phenoxy) is 1. The lowest BCUT2D eigenvalue weighted by Crippen LogP contribution is -2.25. The van der Waals surface area contributed by atoms with Crippen molar-refractivity contribution in [2.45, 2.75) is 31.7 Å². The molecule has 2 aliphatic rings. The van der Waals surface area contributed by atoms with Gasteiger partial charge in [-0.3, -0.25) is 4.79 Å². The number of carbonyl (C=O) groups excluding carboxylic acids is 1. The predicted molar refractivity (Wildman–Crippen MR) is 122 cm³/mol. The van der Waals surface area contributed by atoms with Crippen LogP contribution in [0.4, 0.5) is 5.69 Å². The minimum absolute atomic E-state index is 0.0266. The summed E-state index contributed by atoms with van der Waals surface area (Å²) in [5.74, 6) is 1.10. The molecule has 1 heterocycles. The maximum absolute atomic E-state index is 13.1. The first kappa shape index (κ1) is 21.0. The van der Waals surface area contributed by atoms with Crippen molar-refractivity contribution in [1.29, 1.82) is 0 Å². The van der Waals surface area contributed by atoms with Gasteiger partial charge in [-0.1, -0.05) is 51.1 Å². The summed E-state index contributed by atoms with van der Waals surface area (Å²) in [5, 5.41) is 3.99. The number of aliphatic imine (C=N–C) groups is 1. The fourth-order valence-electron chi connectivity index (χ4n) is 3.23. The molecule has 1 fully saturated rings. The van der Waals surface area contributed by atoms with Crippen LogP contribution in [0.15, 0.2) is 64.5 Å². The van der Waals surface area contributed by atoms with Crippen LogP contribution in [0.3, 0.4) is 0 Å². The number of amides is 1. The van der Waals surface area contributed by atoms with Gasteiger partial charge < -0.3 is 10.1 Å². The van der Waals surface area contributed by atoms with Crippen LogP contribution in [-0.4, -0.2) is 24.5 Å². The zero-order chi connectivity index (χ0) is 21.1. The molecule has 1 N–H and O–H groups in total. The van der Waals surface area contributed by atoms with Gasteiger partial charge in [0.1, 0.15) is 6.61 Å². The second-order valence-electron chi connectivity index (χ2n) is 8.35. The van der Waals surface area contributed by atoms with E-state index in [2.05, 4.69) is 26.1 Å². The number of hydrogen-bond donors (Lipinski definition) is 1. The van der Waals surface area contributed by atoms with Crippen molar-refractivity contribution < 1.29 is 9.53 Å². The van der Waals surface area contributed by atoms with Crippen LogP contribution in [0.25, 0.3) is 0 Å². The molecule has 153 valence electrons. The molecule has 1 aliphatic heterocycles. The number of thioether (sulfide) groups is 1. The molecule has 0 saturated heterocycles. The second kappa shape index (κ2) is 8.84. The van der Waals surface area contributed by atoms with E-state index in [0.717, 1.165) is 15.7 Å². The molecule has 1 amide bonds. The smallest absolute Gasteiger partial charge is 0.233 e. The van der Waals surface area contributed by atoms with E-state index < -0.39 is 0 Å². The summed E-state index contributed by atoms with van der Waals surface area (Å²) < 4.78 is 5.89. The first-order valence-electron chi connectivity index (χ1n) is 10.0. The van der Waals surface area contributed by atoms with Crippen LogP contribution < -0.4 is 5.32 Å². The number of benzene rings is 2. The van der Waals surface area contributed by atoms with E-state index in [1.165, 1.54) is 0 Å². The Labute approximate surface area is 183 Å². The fourth-order valence-corrected chi connectivity index (χ4v) is 4.19. The molecule has 0 aromatic heterocycles. The molecule has 5 heteroatoms. The number of para-hydroxylation sites is 1. The van der Waals surface area contributed by atoms with E-state index in [1.807, 2.05) is 73.9 Å². The average molecular weight is 418 g/mol. The number of anilines is 1. The van der Waals surface area contributed by atoms with E-state index in [4.69, 9.17) is 9.73 Å². The third kappa shape index (κ3) is 4.72. The van der Waals surface area contributed by atoms with Crippen LogP contribution in [0, 0.1) is 35.8 Å². The highest BCUT2D eigenvalue weighted by Crippen LogP contribution is 2.45. The van der Waals surface area contributed by atoms with Crippen LogP contribution in [-0.2, 0) is 9.53 Å². The molecule has 0 unspecified atom stereocenters. The van der Waals surface area contributed by atoms with Gasteiger partial charge in [-0.15, -0.1) is 11.8 Å². The Bertz CT molecular complexity index is 920. The third-order valence-corrected chi connectivity index (χ3v) is 6.13. The number of hydrogen-bond acceptors (Lipinski definition) is 4. The second-order valence-corrected chi connectivity index (χ2v) is 9.46. The van der Waals surface area contributed by atoms with Gasteiger partial charge in [0.2, 0.25) is 11.8 Å². The summed E-state index contributed by atoms with van der Waals surface area (Å²) in [5.41, 5.74) is 1.53. The van der Waals surface area contributed by atoms with Gasteiger partial charge in [-0.25, -0.2) is 4.99 Å². The number of nitrogens with zero attached hydrogens (tertiary/aromatic N) is 1. The molecular formula is C25H25N2O2S. The van der Waals surface area contributed by atoms with Crippen molar-refractivity contribution in [3.63, 3.8) is 0 Å². The van der Waals surface area contributed by atoms with E-state index >= 15 is 0 Å². The summed E-state index contributed by atoms with van der Waals surface area (Å²) in [7, 11) is 0. The summed E-state index contributed by atoms with van der Waals surface area (Å²) in [6.45, 7) is 7.02. The van der Waals surface area contributed by atoms with Crippen LogP contribution in [0.1, 0.15) is 26.3 Å². The maximum Gasteiger partial charge on any atom is 0.233 e. The Balaban J connectivity index is 1.49. The molecule has 0 bridgehead atoms. The lowest BCUT2D eigenvalue weighted by Gasteiger charge is -2.21. The van der Waals surface area contributed by atoms with Crippen LogP contribution in [0.2, 0.25) is 0 Å². The van der Waals surface area contributed by atoms with Crippen LogP contribution in [0.5, 0.6) is 0 Å². The first-order chi connectivity index (χ1) is 14.4. The summed E-state index contributed by atoms with van der Waals surface area (Å²) in [4.78, 5) is 18.9. The van der Waals surface area contributed by atoms with Gasteiger partial charge in [0.25, 0.3) is 0 Å². The lowest BCUT2D eigenvalue weighted by molar-refractivity contribution is -0.113. The van der Waals surface area contributed by atoms with Gasteiger partial charge in [-0.05, 0) is 48.9 Å². The van der Waals surface area contributed by atoms with Crippen LogP contribution >= 0.6 is 11.8 Å². The van der Waals surface area contributed by atoms with Crippen molar-refractivity contribution in [3.05, 3.63) is 90.6 Å². The largest absolute Gasteiger partial charge is 0.475 e. The lowest BCUT2D eigenvalue weighted by atomic mass is 9.88. The highest BCUT2D eigenvalue weighted by molar-refractivity contribution is 8.02. The SMILES string of the molecule is CC(C)(C)[C@H]1COC(c2ccccc2NC(=O)[C]2[CH][CH][CH][C]2Sc2ccccc2)=N1. The summed E-state index contributed by atoms with van der Waals surface area (Å²) >= 11 is 1.58. The summed E-state index contributed by atoms with van der Waals surface area (Å²) in [6.07, 6.45) is 5.73.